The van der Waals surface area contributed by atoms with Crippen LogP contribution in [0, 0.1) is 12.1 Å². The monoisotopic (exact) mass is 438 g/mol. The van der Waals surface area contributed by atoms with Gasteiger partial charge in [0.05, 0.1) is 5.56 Å². The number of hydrogen-bond acceptors (Lipinski definition) is 4. The minimum absolute atomic E-state index is 0.0907. The molecular weight excluding hydrogens is 425 g/mol. The quantitative estimate of drug-likeness (QED) is 0.437. The number of nitrogens with zero attached hydrogens (tertiary/aromatic N) is 1. The van der Waals surface area contributed by atoms with E-state index in [0.717, 1.165) is 12.1 Å². The molecule has 0 spiro atoms. The molecule has 10 heteroatoms. The predicted octanol–water partition coefficient (Wildman–Crippen LogP) is 5.23. The van der Waals surface area contributed by atoms with Crippen molar-refractivity contribution >= 4 is 23.2 Å². The maximum Gasteiger partial charge on any atom is 0.573 e. The fourth-order valence-corrected chi connectivity index (χ4v) is 2.91. The maximum atomic E-state index is 12.8. The van der Waals surface area contributed by atoms with Crippen molar-refractivity contribution in [3.05, 3.63) is 82.3 Å². The van der Waals surface area contributed by atoms with Crippen LogP contribution in [0.5, 0.6) is 17.2 Å². The second-order valence-corrected chi connectivity index (χ2v) is 6.56. The number of aromatic nitrogens is 1. The third-order valence-electron chi connectivity index (χ3n) is 3.81. The lowest BCUT2D eigenvalue weighted by Crippen LogP contribution is -2.25. The molecule has 0 unspecified atom stereocenters. The lowest BCUT2D eigenvalue weighted by Gasteiger charge is -2.15. The zero-order valence-corrected chi connectivity index (χ0v) is 16.1. The highest BCUT2D eigenvalue weighted by Crippen LogP contribution is 2.33. The van der Waals surface area contributed by atoms with Crippen molar-refractivity contribution in [1.82, 2.24) is 0 Å². The molecule has 6 nitrogen and oxygen atoms in total. The third kappa shape index (κ3) is 5.54. The van der Waals surface area contributed by atoms with Crippen LogP contribution in [-0.2, 0) is 0 Å². The molecule has 0 fully saturated rings. The van der Waals surface area contributed by atoms with Crippen LogP contribution in [0.15, 0.2) is 60.9 Å². The summed E-state index contributed by atoms with van der Waals surface area (Å²) < 4.78 is 46.9. The zero-order chi connectivity index (χ0) is 21.9. The molecule has 3 aromatic rings. The Labute approximate surface area is 174 Å². The topological polar surface area (TPSA) is 74.5 Å². The fourth-order valence-electron chi connectivity index (χ4n) is 2.64. The van der Waals surface area contributed by atoms with E-state index in [-0.39, 0.29) is 22.7 Å². The lowest BCUT2D eigenvalue weighted by molar-refractivity contribution is -0.604. The van der Waals surface area contributed by atoms with Gasteiger partial charge in [0.2, 0.25) is 6.20 Å². The average molecular weight is 439 g/mol. The predicted molar refractivity (Wildman–Crippen MR) is 103 cm³/mol. The Balaban J connectivity index is 1.87. The number of alkyl halides is 3. The number of amides is 1. The number of rotatable bonds is 5. The molecule has 1 amide bonds. The first-order valence-corrected chi connectivity index (χ1v) is 8.82. The first-order chi connectivity index (χ1) is 14.1. The van der Waals surface area contributed by atoms with Crippen molar-refractivity contribution < 1.29 is 32.2 Å². The number of hydrogen-bond donors (Lipinski definition) is 1. The van der Waals surface area contributed by atoms with Crippen molar-refractivity contribution in [3.8, 4) is 17.2 Å². The minimum atomic E-state index is -4.81. The third-order valence-corrected chi connectivity index (χ3v) is 4.03. The molecule has 1 aromatic heterocycles. The van der Waals surface area contributed by atoms with Crippen LogP contribution in [0.2, 0.25) is 5.02 Å². The lowest BCUT2D eigenvalue weighted by atomic mass is 10.1. The second kappa shape index (κ2) is 8.50. The molecule has 0 atom stereocenters. The van der Waals surface area contributed by atoms with E-state index in [1.54, 1.807) is 13.0 Å². The number of pyridine rings is 1. The highest BCUT2D eigenvalue weighted by molar-refractivity contribution is 6.31. The van der Waals surface area contributed by atoms with Crippen molar-refractivity contribution in [3.63, 3.8) is 0 Å². The Morgan fingerprint density at radius 2 is 1.80 bits per heavy atom. The molecule has 0 saturated carbocycles. The van der Waals surface area contributed by atoms with E-state index in [9.17, 15) is 23.2 Å². The Hall–Kier alpha value is -3.46. The van der Waals surface area contributed by atoms with Crippen LogP contribution in [-0.4, -0.2) is 12.3 Å². The van der Waals surface area contributed by atoms with Gasteiger partial charge < -0.3 is 20.0 Å². The number of anilines is 1. The molecule has 30 heavy (non-hydrogen) atoms. The van der Waals surface area contributed by atoms with Gasteiger partial charge in [0.15, 0.2) is 6.20 Å². The van der Waals surface area contributed by atoms with Crippen LogP contribution in [0.1, 0.15) is 15.9 Å². The largest absolute Gasteiger partial charge is 0.619 e. The summed E-state index contributed by atoms with van der Waals surface area (Å²) in [6.45, 7) is 1.65. The molecule has 0 radical (unpaired) electrons. The molecule has 0 saturated heterocycles. The van der Waals surface area contributed by atoms with Gasteiger partial charge in [0.25, 0.3) is 5.91 Å². The minimum Gasteiger partial charge on any atom is -0.619 e. The molecular formula is C20H14ClF3N2O4. The molecule has 0 aliphatic carbocycles. The summed E-state index contributed by atoms with van der Waals surface area (Å²) in [6, 6.07) is 10.7. The van der Waals surface area contributed by atoms with E-state index in [1.807, 2.05) is 0 Å². The highest BCUT2D eigenvalue weighted by Gasteiger charge is 2.31. The summed E-state index contributed by atoms with van der Waals surface area (Å²) in [5.41, 5.74) is 0.917. The van der Waals surface area contributed by atoms with Gasteiger partial charge in [-0.15, -0.1) is 13.2 Å². The summed E-state index contributed by atoms with van der Waals surface area (Å²) in [5, 5.41) is 14.3. The van der Waals surface area contributed by atoms with Crippen LogP contribution in [0.3, 0.4) is 0 Å². The van der Waals surface area contributed by atoms with Crippen molar-refractivity contribution in [2.45, 2.75) is 13.3 Å². The van der Waals surface area contributed by atoms with E-state index in [0.29, 0.717) is 15.3 Å². The summed E-state index contributed by atoms with van der Waals surface area (Å²) >= 11 is 6.07. The zero-order valence-electron chi connectivity index (χ0n) is 15.4. The molecule has 2 aromatic carbocycles. The van der Waals surface area contributed by atoms with Gasteiger partial charge in [-0.2, -0.15) is 4.73 Å². The summed E-state index contributed by atoms with van der Waals surface area (Å²) in [4.78, 5) is 12.8. The molecule has 0 aliphatic heterocycles. The smallest absolute Gasteiger partial charge is 0.573 e. The first kappa shape index (κ1) is 21.3. The van der Waals surface area contributed by atoms with Crippen LogP contribution < -0.4 is 19.5 Å². The van der Waals surface area contributed by atoms with E-state index >= 15 is 0 Å². The number of nitrogens with one attached hydrogen (secondary N) is 1. The van der Waals surface area contributed by atoms with E-state index < -0.39 is 18.0 Å². The molecule has 1 heterocycles. The number of benzene rings is 2. The molecule has 3 rings (SSSR count). The normalized spacial score (nSPS) is 11.1. The number of halogens is 4. The first-order valence-electron chi connectivity index (χ1n) is 8.45. The molecule has 1 N–H and O–H groups in total. The van der Waals surface area contributed by atoms with Crippen molar-refractivity contribution in [1.29, 1.82) is 0 Å². The number of ether oxygens (including phenoxy) is 2. The van der Waals surface area contributed by atoms with Gasteiger partial charge in [-0.3, -0.25) is 4.79 Å². The van der Waals surface area contributed by atoms with Gasteiger partial charge in [0.1, 0.15) is 22.9 Å². The van der Waals surface area contributed by atoms with E-state index in [2.05, 4.69) is 10.1 Å². The number of carbonyl (C=O) groups is 1. The van der Waals surface area contributed by atoms with Gasteiger partial charge >= 0.3 is 6.36 Å². The summed E-state index contributed by atoms with van der Waals surface area (Å²) in [5.74, 6) is -0.710. The van der Waals surface area contributed by atoms with Gasteiger partial charge in [-0.25, -0.2) is 0 Å². The highest BCUT2D eigenvalue weighted by atomic mass is 35.5. The molecule has 0 aliphatic rings. The SMILES string of the molecule is Cc1cc(Cl)cc(Oc2ccc(OC(F)(F)F)cc2)c1C(=O)Nc1ccc[n+]([O-])c1. The van der Waals surface area contributed by atoms with Crippen LogP contribution in [0.25, 0.3) is 0 Å². The van der Waals surface area contributed by atoms with Crippen LogP contribution in [0.4, 0.5) is 18.9 Å². The standard InChI is InChI=1S/C20H14ClF3N2O4/c1-12-9-13(21)10-17(18(12)19(27)25-14-3-2-8-26(28)11-14)29-15-4-6-16(7-5-15)30-20(22,23)24/h2-11H,1H3,(H,25,27). The van der Waals surface area contributed by atoms with Crippen LogP contribution >= 0.6 is 11.6 Å². The summed E-state index contributed by atoms with van der Waals surface area (Å²) in [7, 11) is 0. The molecule has 0 bridgehead atoms. The number of aryl methyl sites for hydroxylation is 1. The van der Waals surface area contributed by atoms with Gasteiger partial charge in [-0.05, 0) is 48.9 Å². The van der Waals surface area contributed by atoms with Gasteiger partial charge in [-0.1, -0.05) is 11.6 Å². The maximum absolute atomic E-state index is 12.8. The Bertz CT molecular complexity index is 1070. The Morgan fingerprint density at radius 3 is 2.43 bits per heavy atom. The van der Waals surface area contributed by atoms with E-state index in [1.165, 1.54) is 42.7 Å². The second-order valence-electron chi connectivity index (χ2n) is 6.12. The number of carbonyl (C=O) groups excluding carboxylic acids is 1. The van der Waals surface area contributed by atoms with Crippen molar-refractivity contribution in [2.24, 2.45) is 0 Å². The van der Waals surface area contributed by atoms with Gasteiger partial charge in [0, 0.05) is 17.2 Å². The molecule has 156 valence electrons. The Morgan fingerprint density at radius 1 is 1.13 bits per heavy atom. The Kier molecular flexibility index (Phi) is 6.02. The summed E-state index contributed by atoms with van der Waals surface area (Å²) in [6.07, 6.45) is -2.36. The average Bonchev–Trinajstić information content (AvgIpc) is 2.61. The van der Waals surface area contributed by atoms with Crippen molar-refractivity contribution in [2.75, 3.05) is 5.32 Å². The fraction of sp³-hybridized carbons (Fsp3) is 0.100. The van der Waals surface area contributed by atoms with E-state index in [4.69, 9.17) is 16.3 Å².